The van der Waals surface area contributed by atoms with Gasteiger partial charge in [-0.25, -0.2) is 33.6 Å². The summed E-state index contributed by atoms with van der Waals surface area (Å²) in [5, 5.41) is 60.8. The fourth-order valence-corrected chi connectivity index (χ4v) is 12.2. The molecule has 808 valence electrons. The van der Waals surface area contributed by atoms with Crippen LogP contribution in [0.5, 0.6) is 0 Å². The number of ether oxygens (including phenoxy) is 11. The zero-order chi connectivity index (χ0) is 108. The maximum atomic E-state index is 12.8. The second kappa shape index (κ2) is 63.3. The van der Waals surface area contributed by atoms with Crippen LogP contribution in [0.1, 0.15) is 237 Å². The van der Waals surface area contributed by atoms with Crippen LogP contribution >= 0.6 is 24.8 Å². The van der Waals surface area contributed by atoms with Gasteiger partial charge in [-0.2, -0.15) is 4.79 Å². The Bertz CT molecular complexity index is 4510. The van der Waals surface area contributed by atoms with E-state index in [4.69, 9.17) is 74.6 Å². The van der Waals surface area contributed by atoms with Gasteiger partial charge in [0.1, 0.15) is 103 Å². The van der Waals surface area contributed by atoms with Crippen LogP contribution < -0.4 is 59.3 Å². The molecule has 19 atom stereocenters. The number of nitrogens with two attached hydrogens (primary N) is 2. The van der Waals surface area contributed by atoms with E-state index in [2.05, 4.69) is 57.4 Å². The van der Waals surface area contributed by atoms with Gasteiger partial charge in [0.2, 0.25) is 17.7 Å². The van der Waals surface area contributed by atoms with Gasteiger partial charge >= 0.3 is 54.6 Å². The molecule has 2 aromatic rings. The number of carboxylic acid groups (broad SMARTS) is 1. The number of amides is 9. The van der Waals surface area contributed by atoms with Crippen molar-refractivity contribution >= 4 is 149 Å². The number of carbonyl (C=O) groups excluding carboxylic acids is 17. The minimum absolute atomic E-state index is 0. The zero-order valence-corrected chi connectivity index (χ0v) is 88.6. The standard InChI is InChI=1S/C22H26N2O4.C16H28N2O5.C11H20N2O3.C11H19NO6.C10H17N3O4.C10H17NO4.C9H17NO5.C5H9NO2.2ClH/c1-13(2)10-18(22(27)24-20-14(3)28-12-19(20)25)23-21(26)17-9-8-15-6-4-5-7-16(15)11-17;1-9(2)7-11(17-15(21)23-16(4,5)6)14(20)18-13-10(3)22-8-12(13)19;1-6(2)4-8(12)11(15)13-10-7(3)16-5-9(10)14;1-6(13)8(9(15)17-7(2)14)12-10(16)18-11(3,4)5;1-6(14)8(7(15)5-12-11)13-9(16)17-10(2,3)4;1-6-8(7(12)5-14-6)11-9(13)15-10(2,3)4;1-5(11)6(7(12)13)10-8(14)15-9(2,3)4;1-3-5(6)4(7)2-8-3;;/h4-9,11,13-14,18,20H,10,12H2,1-3H3,(H,23,26)(H,24,27);9-11,13H,7-8H2,1-6H3,(H,17,21)(H,18,20);6-8,10H,4-5,12H2,1-3H3,(H,13,15);6,8,13H,1-5H3,(H,12,16);5-6,8,14H,1-4H3,(H,13,16);6,8H,5H2,1-4H3,(H,11,13);5-6,11H,1-4H3,(H,10,14)(H,12,13);3,5H,2,6H2,1H3;2*1H/t14-,18+,20+;10-,11+,13+;7-,8+,10+;3*6-,8+;5-,6+;3-,5+;;/m11111111../s1. The number of nitrogens with zero attached hydrogens (tertiary/aromatic N) is 2. The van der Waals surface area contributed by atoms with Crippen molar-refractivity contribution < 1.29 is 164 Å². The SMILES string of the molecule is CC(=O)OC(=O)[C@@H](NC(=O)OC(C)(C)C)[C@@H](C)O.CC(C)C[C@H](N)C(=O)N[C@@H]1C(=O)CO[C@@H]1C.CC(C)C[C@H](NC(=O)OC(C)(C)C)C(=O)N[C@@H]1C(=O)CO[C@@H]1C.CC(C)C[C@H](NC(=O)c1ccc2ccccc2c1)C(=O)N[C@@H]1C(=O)CO[C@@H]1C.C[C@@H](O)[C@H](NC(=O)OC(C)(C)C)C(=O)C=[N+]=[N-].C[C@@H](O)[C@H](NC(=O)OC(C)(C)C)C(=O)O.C[C@H]1OCC(=O)[C@H]1N.C[C@H]1OCC(=O)[C@H]1NC(=O)OC(C)(C)C.Cl.Cl. The maximum Gasteiger partial charge on any atom is 0.408 e. The molecule has 2 aromatic carbocycles. The number of nitrogens with one attached hydrogen (secondary N) is 9. The molecular formula is C94H155Cl2N13O33. The van der Waals surface area contributed by atoms with E-state index < -0.39 is 167 Å². The Hall–Kier alpha value is -10.9. The van der Waals surface area contributed by atoms with E-state index >= 15 is 0 Å². The second-order valence-electron chi connectivity index (χ2n) is 39.8. The lowest BCUT2D eigenvalue weighted by Gasteiger charge is -2.25. The van der Waals surface area contributed by atoms with Crippen molar-refractivity contribution in [2.45, 2.75) is 370 Å². The van der Waals surface area contributed by atoms with E-state index in [1.807, 2.05) is 77.9 Å². The van der Waals surface area contributed by atoms with E-state index in [1.54, 1.807) is 145 Å². The summed E-state index contributed by atoms with van der Waals surface area (Å²) in [5.41, 5.74) is 16.4. The third-order valence-corrected chi connectivity index (χ3v) is 19.0. The molecule has 7 rings (SSSR count). The van der Waals surface area contributed by atoms with Crippen molar-refractivity contribution in [2.75, 3.05) is 33.0 Å². The Morgan fingerprint density at radius 3 is 1.04 bits per heavy atom. The highest BCUT2D eigenvalue weighted by Gasteiger charge is 2.42. The molecular weight excluding hydrogens is 1910 g/mol. The number of Topliss-reactive ketones (excluding diaryl/α,β-unsaturated/α-hetero) is 6. The number of esters is 2. The molecule has 0 unspecified atom stereocenters. The van der Waals surface area contributed by atoms with Gasteiger partial charge < -0.3 is 137 Å². The van der Waals surface area contributed by atoms with E-state index in [-0.39, 0.29) is 153 Å². The van der Waals surface area contributed by atoms with Crippen molar-refractivity contribution in [1.29, 1.82) is 0 Å². The van der Waals surface area contributed by atoms with Gasteiger partial charge in [-0.3, -0.25) is 52.7 Å². The Morgan fingerprint density at radius 1 is 0.430 bits per heavy atom. The van der Waals surface area contributed by atoms with E-state index in [0.717, 1.165) is 17.7 Å². The van der Waals surface area contributed by atoms with Crippen LogP contribution in [-0.2, 0) is 110 Å². The maximum absolute atomic E-state index is 12.8. The number of aliphatic hydroxyl groups excluding tert-OH is 3. The fraction of sp³-hybridized carbons (Fsp3) is 0.691. The number of carbonyl (C=O) groups is 18. The number of hydrogen-bond acceptors (Lipinski definition) is 34. The number of fused-ring (bicyclic) bond motifs is 1. The molecule has 0 radical (unpaired) electrons. The molecule has 5 aliphatic heterocycles. The van der Waals surface area contributed by atoms with Gasteiger partial charge in [-0.1, -0.05) is 71.9 Å². The topological polar surface area (TPSA) is 686 Å². The number of aliphatic carboxylic acids is 1. The first-order valence-electron chi connectivity index (χ1n) is 45.7. The molecule has 5 heterocycles. The highest BCUT2D eigenvalue weighted by atomic mass is 35.5. The number of carboxylic acids is 1. The minimum atomic E-state index is -1.36. The highest BCUT2D eigenvalue weighted by molar-refractivity contribution is 6.28. The predicted octanol–water partition coefficient (Wildman–Crippen LogP) is 5.53. The summed E-state index contributed by atoms with van der Waals surface area (Å²) in [5.74, 6) is -5.01. The molecule has 0 bridgehead atoms. The molecule has 17 N–H and O–H groups in total. The number of halogens is 2. The third-order valence-electron chi connectivity index (χ3n) is 19.0. The molecule has 9 amide bonds. The summed E-state index contributed by atoms with van der Waals surface area (Å²) in [4.78, 5) is 210. The zero-order valence-electron chi connectivity index (χ0n) is 87.0. The minimum Gasteiger partial charge on any atom is -0.480 e. The van der Waals surface area contributed by atoms with Crippen molar-refractivity contribution in [3.63, 3.8) is 0 Å². The number of ketones is 6. The van der Waals surface area contributed by atoms with Gasteiger partial charge in [-0.15, -0.1) is 24.8 Å². The lowest BCUT2D eigenvalue weighted by Crippen LogP contribution is -2.53. The molecule has 142 heavy (non-hydrogen) atoms. The highest BCUT2D eigenvalue weighted by Crippen LogP contribution is 2.22. The lowest BCUT2D eigenvalue weighted by molar-refractivity contribution is -0.161. The number of hydrogen-bond donors (Lipinski definition) is 15. The Labute approximate surface area is 842 Å². The third kappa shape index (κ3) is 56.2. The predicted molar refractivity (Wildman–Crippen MR) is 522 cm³/mol. The molecule has 0 spiro atoms. The van der Waals surface area contributed by atoms with E-state index in [1.165, 1.54) is 20.8 Å². The Kier molecular flexibility index (Phi) is 60.3. The van der Waals surface area contributed by atoms with Gasteiger partial charge in [-0.05, 0) is 219 Å². The average molecular weight is 2070 g/mol. The van der Waals surface area contributed by atoms with Crippen LogP contribution in [0.15, 0.2) is 42.5 Å². The number of benzene rings is 2. The summed E-state index contributed by atoms with van der Waals surface area (Å²) in [6.07, 6.45) is -6.58. The second-order valence-corrected chi connectivity index (χ2v) is 39.8. The summed E-state index contributed by atoms with van der Waals surface area (Å²) >= 11 is 0. The Morgan fingerprint density at radius 2 is 0.739 bits per heavy atom. The van der Waals surface area contributed by atoms with Crippen LogP contribution in [0, 0.1) is 17.8 Å². The van der Waals surface area contributed by atoms with E-state index in [9.17, 15) is 96.5 Å². The summed E-state index contributed by atoms with van der Waals surface area (Å²) < 4.78 is 54.8. The van der Waals surface area contributed by atoms with Crippen LogP contribution in [-0.4, -0.2) is 314 Å². The first-order chi connectivity index (χ1) is 64.1. The molecule has 48 heteroatoms. The van der Waals surface area contributed by atoms with E-state index in [0.29, 0.717) is 37.0 Å². The largest absolute Gasteiger partial charge is 0.480 e. The van der Waals surface area contributed by atoms with Crippen molar-refractivity contribution in [3.8, 4) is 0 Å². The number of alkyl carbamates (subject to hydrolysis) is 5. The normalized spacial score (nSPS) is 20.9. The van der Waals surface area contributed by atoms with Gasteiger partial charge in [0, 0.05) is 12.5 Å². The first-order valence-corrected chi connectivity index (χ1v) is 45.7. The Balaban J connectivity index is -0.00000158. The van der Waals surface area contributed by atoms with Crippen LogP contribution in [0.4, 0.5) is 24.0 Å². The van der Waals surface area contributed by atoms with Crippen LogP contribution in [0.3, 0.4) is 0 Å². The molecule has 0 saturated carbocycles. The number of aliphatic hydroxyl groups is 3. The monoisotopic (exact) mass is 2060 g/mol. The van der Waals surface area contributed by atoms with Crippen LogP contribution in [0.2, 0.25) is 0 Å². The smallest absolute Gasteiger partial charge is 0.408 e. The van der Waals surface area contributed by atoms with Gasteiger partial charge in [0.05, 0.1) is 60.9 Å². The molecule has 46 nitrogen and oxygen atoms in total. The lowest BCUT2D eigenvalue weighted by atomic mass is 10.0. The fourth-order valence-electron chi connectivity index (χ4n) is 12.2. The summed E-state index contributed by atoms with van der Waals surface area (Å²) in [6.45, 7) is 51.4. The molecule has 0 aromatic heterocycles. The average Bonchev–Trinajstić information content (AvgIpc) is 1.12. The molecule has 5 saturated heterocycles. The number of rotatable bonds is 26. The van der Waals surface area contributed by atoms with Gasteiger partial charge in [0.15, 0.2) is 41.0 Å². The van der Waals surface area contributed by atoms with Crippen molar-refractivity contribution in [3.05, 3.63) is 53.6 Å². The molecule has 5 fully saturated rings. The summed E-state index contributed by atoms with van der Waals surface area (Å²) in [6, 6.07) is 4.43. The van der Waals surface area contributed by atoms with Gasteiger partial charge in [0.25, 0.3) is 11.7 Å². The van der Waals surface area contributed by atoms with Crippen LogP contribution in [0.25, 0.3) is 16.3 Å². The van der Waals surface area contributed by atoms with Crippen molar-refractivity contribution in [1.82, 2.24) is 47.9 Å². The molecule has 0 aliphatic carbocycles. The quantitative estimate of drug-likeness (QED) is 0.0137. The molecule has 5 aliphatic rings. The first kappa shape index (κ1) is 135. The van der Waals surface area contributed by atoms with Crippen molar-refractivity contribution in [2.24, 2.45) is 29.2 Å². The summed E-state index contributed by atoms with van der Waals surface area (Å²) in [7, 11) is 0.